The topological polar surface area (TPSA) is 68.4 Å². The van der Waals surface area contributed by atoms with Crippen LogP contribution < -0.4 is 0 Å². The maximum atomic E-state index is 10.4. The molecule has 0 amide bonds. The van der Waals surface area contributed by atoms with Crippen molar-refractivity contribution in [1.29, 1.82) is 0 Å². The zero-order chi connectivity index (χ0) is 21.8. The summed E-state index contributed by atoms with van der Waals surface area (Å²) in [6, 6.07) is 3.93. The smallest absolute Gasteiger partial charge is 0.152 e. The summed E-state index contributed by atoms with van der Waals surface area (Å²) in [5.74, 6) is 0. The molecule has 1 aliphatic rings. The summed E-state index contributed by atoms with van der Waals surface area (Å²) >= 11 is 1.81. The zero-order valence-corrected chi connectivity index (χ0v) is 19.3. The van der Waals surface area contributed by atoms with Crippen molar-refractivity contribution >= 4 is 32.7 Å². The second kappa shape index (κ2) is 7.69. The van der Waals surface area contributed by atoms with Crippen LogP contribution in [0.5, 0.6) is 0 Å². The van der Waals surface area contributed by atoms with E-state index in [9.17, 15) is 5.11 Å². The molecule has 0 spiro atoms. The molecular formula is C25H28N2O3S. The van der Waals surface area contributed by atoms with Crippen molar-refractivity contribution in [2.24, 2.45) is 0 Å². The van der Waals surface area contributed by atoms with Crippen molar-refractivity contribution in [2.75, 3.05) is 6.61 Å². The van der Waals surface area contributed by atoms with Crippen LogP contribution in [-0.4, -0.2) is 27.3 Å². The van der Waals surface area contributed by atoms with Crippen molar-refractivity contribution in [3.05, 3.63) is 46.3 Å². The lowest BCUT2D eigenvalue weighted by Crippen LogP contribution is -2.25. The van der Waals surface area contributed by atoms with E-state index in [2.05, 4.69) is 11.1 Å². The van der Waals surface area contributed by atoms with Crippen LogP contribution in [0.25, 0.3) is 32.4 Å². The van der Waals surface area contributed by atoms with E-state index in [1.807, 2.05) is 51.3 Å². The number of thiophene rings is 1. The third-order valence-electron chi connectivity index (χ3n) is 5.91. The Hall–Kier alpha value is -2.28. The predicted molar refractivity (Wildman–Crippen MR) is 125 cm³/mol. The monoisotopic (exact) mass is 436 g/mol. The van der Waals surface area contributed by atoms with Crippen molar-refractivity contribution in [1.82, 2.24) is 9.97 Å². The molecule has 1 unspecified atom stereocenters. The maximum absolute atomic E-state index is 10.4. The molecule has 6 heteroatoms. The summed E-state index contributed by atoms with van der Waals surface area (Å²) in [6.07, 6.45) is 7.70. The minimum absolute atomic E-state index is 0.110. The molecule has 31 heavy (non-hydrogen) atoms. The number of aliphatic hydroxyl groups is 1. The Morgan fingerprint density at radius 2 is 2.06 bits per heavy atom. The summed E-state index contributed by atoms with van der Waals surface area (Å²) < 4.78 is 12.0. The number of ether oxygens (including phenoxy) is 1. The molecule has 1 atom stereocenters. The number of aliphatic hydroxyl groups excluding tert-OH is 1. The summed E-state index contributed by atoms with van der Waals surface area (Å²) in [4.78, 5) is 12.1. The van der Waals surface area contributed by atoms with Gasteiger partial charge in [-0.3, -0.25) is 4.98 Å². The van der Waals surface area contributed by atoms with Crippen molar-refractivity contribution in [3.63, 3.8) is 0 Å². The average Bonchev–Trinajstić information content (AvgIpc) is 3.34. The van der Waals surface area contributed by atoms with E-state index in [1.54, 1.807) is 6.26 Å². The second-order valence-corrected chi connectivity index (χ2v) is 10.4. The minimum Gasteiger partial charge on any atom is -0.463 e. The Balaban J connectivity index is 1.84. The number of fused-ring (bicyclic) bond motifs is 4. The van der Waals surface area contributed by atoms with E-state index in [1.165, 1.54) is 28.7 Å². The standard InChI is InChI=1S/C25H28N2O3S/c1-14-21(19(13-28)30-25(2,3)4)22(15-11-18-17(26-12-15)9-10-29-18)23-16-7-5-6-8-20(16)31-24(23)27-14/h9-12,19,28H,5-8,13H2,1-4H3. The molecule has 0 saturated carbocycles. The average molecular weight is 437 g/mol. The molecule has 0 aliphatic heterocycles. The maximum Gasteiger partial charge on any atom is 0.152 e. The highest BCUT2D eigenvalue weighted by Crippen LogP contribution is 2.45. The van der Waals surface area contributed by atoms with Crippen LogP contribution in [0.1, 0.15) is 61.4 Å². The predicted octanol–water partition coefficient (Wildman–Crippen LogP) is 6.14. The van der Waals surface area contributed by atoms with Gasteiger partial charge in [0.1, 0.15) is 16.5 Å². The van der Waals surface area contributed by atoms with Gasteiger partial charge in [-0.2, -0.15) is 0 Å². The van der Waals surface area contributed by atoms with Gasteiger partial charge in [0.15, 0.2) is 5.58 Å². The van der Waals surface area contributed by atoms with Crippen LogP contribution >= 0.6 is 11.3 Å². The van der Waals surface area contributed by atoms with E-state index in [-0.39, 0.29) is 6.61 Å². The Morgan fingerprint density at radius 1 is 1.26 bits per heavy atom. The van der Waals surface area contributed by atoms with Crippen LogP contribution in [0.15, 0.2) is 29.0 Å². The molecule has 162 valence electrons. The normalized spacial score (nSPS) is 15.5. The molecule has 0 radical (unpaired) electrons. The zero-order valence-electron chi connectivity index (χ0n) is 18.5. The van der Waals surface area contributed by atoms with E-state index in [4.69, 9.17) is 14.1 Å². The van der Waals surface area contributed by atoms with E-state index in [0.717, 1.165) is 51.2 Å². The molecule has 4 aromatic rings. The van der Waals surface area contributed by atoms with E-state index in [0.29, 0.717) is 0 Å². The molecular weight excluding hydrogens is 408 g/mol. The first-order chi connectivity index (χ1) is 14.9. The van der Waals surface area contributed by atoms with Gasteiger partial charge in [-0.25, -0.2) is 4.98 Å². The van der Waals surface area contributed by atoms with E-state index >= 15 is 0 Å². The summed E-state index contributed by atoms with van der Waals surface area (Å²) in [6.45, 7) is 7.95. The number of hydrogen-bond donors (Lipinski definition) is 1. The van der Waals surface area contributed by atoms with Gasteiger partial charge >= 0.3 is 0 Å². The Kier molecular flexibility index (Phi) is 5.12. The van der Waals surface area contributed by atoms with Crippen LogP contribution in [0.4, 0.5) is 0 Å². The van der Waals surface area contributed by atoms with Gasteiger partial charge < -0.3 is 14.3 Å². The second-order valence-electron chi connectivity index (χ2n) is 9.31. The minimum atomic E-state index is -0.474. The van der Waals surface area contributed by atoms with Gasteiger partial charge in [0.05, 0.1) is 18.5 Å². The highest BCUT2D eigenvalue weighted by molar-refractivity contribution is 7.19. The Bertz CT molecular complexity index is 1270. The number of pyridine rings is 2. The SMILES string of the molecule is Cc1nc2sc3c(c2c(-c2cnc4ccoc4c2)c1C(CO)OC(C)(C)C)CCCC3. The van der Waals surface area contributed by atoms with E-state index < -0.39 is 11.7 Å². The fraction of sp³-hybridized carbons (Fsp3) is 0.440. The first-order valence-corrected chi connectivity index (χ1v) is 11.7. The lowest BCUT2D eigenvalue weighted by Gasteiger charge is -2.29. The van der Waals surface area contributed by atoms with Crippen LogP contribution in [0, 0.1) is 6.92 Å². The lowest BCUT2D eigenvalue weighted by atomic mass is 9.88. The number of furan rings is 1. The molecule has 0 aromatic carbocycles. The quantitative estimate of drug-likeness (QED) is 0.416. The molecule has 5 nitrogen and oxygen atoms in total. The molecule has 5 rings (SSSR count). The van der Waals surface area contributed by atoms with Crippen molar-refractivity contribution in [3.8, 4) is 11.1 Å². The highest BCUT2D eigenvalue weighted by atomic mass is 32.1. The van der Waals surface area contributed by atoms with Gasteiger partial charge in [0, 0.05) is 44.9 Å². The number of hydrogen-bond acceptors (Lipinski definition) is 6. The van der Waals surface area contributed by atoms with Crippen LogP contribution in [0.3, 0.4) is 0 Å². The molecule has 1 N–H and O–H groups in total. The summed E-state index contributed by atoms with van der Waals surface area (Å²) in [7, 11) is 0. The number of rotatable bonds is 4. The molecule has 0 saturated heterocycles. The first kappa shape index (κ1) is 20.6. The summed E-state index contributed by atoms with van der Waals surface area (Å²) in [5, 5.41) is 11.6. The molecule has 0 fully saturated rings. The van der Waals surface area contributed by atoms with Crippen LogP contribution in [0.2, 0.25) is 0 Å². The molecule has 0 bridgehead atoms. The fourth-order valence-electron chi connectivity index (χ4n) is 4.71. The van der Waals surface area contributed by atoms with Gasteiger partial charge in [-0.05, 0) is 65.0 Å². The van der Waals surface area contributed by atoms with Gasteiger partial charge in [0.2, 0.25) is 0 Å². The van der Waals surface area contributed by atoms with Crippen LogP contribution in [-0.2, 0) is 17.6 Å². The first-order valence-electron chi connectivity index (χ1n) is 10.9. The van der Waals surface area contributed by atoms with Gasteiger partial charge in [-0.1, -0.05) is 0 Å². The van der Waals surface area contributed by atoms with Gasteiger partial charge in [-0.15, -0.1) is 11.3 Å². The van der Waals surface area contributed by atoms with Crippen molar-refractivity contribution < 1.29 is 14.3 Å². The Labute approximate surface area is 186 Å². The highest BCUT2D eigenvalue weighted by Gasteiger charge is 2.30. The van der Waals surface area contributed by atoms with Gasteiger partial charge in [0.25, 0.3) is 0 Å². The summed E-state index contributed by atoms with van der Waals surface area (Å²) in [5.41, 5.74) is 6.50. The molecule has 4 aromatic heterocycles. The molecule has 4 heterocycles. The van der Waals surface area contributed by atoms with Crippen molar-refractivity contribution in [2.45, 2.75) is 65.1 Å². The molecule has 1 aliphatic carbocycles. The lowest BCUT2D eigenvalue weighted by molar-refractivity contribution is -0.0823. The number of nitrogens with zero attached hydrogens (tertiary/aromatic N) is 2. The third kappa shape index (κ3) is 3.67. The number of aryl methyl sites for hydroxylation is 3. The largest absolute Gasteiger partial charge is 0.463 e. The fourth-order valence-corrected chi connectivity index (χ4v) is 6.02. The third-order valence-corrected chi connectivity index (χ3v) is 7.09. The Morgan fingerprint density at radius 3 is 2.84 bits per heavy atom. The number of aromatic nitrogens is 2.